The van der Waals surface area contributed by atoms with Gasteiger partial charge in [-0.05, 0) is 50.5 Å². The molecule has 8 atom stereocenters. The van der Waals surface area contributed by atoms with E-state index in [4.69, 9.17) is 0 Å². The Kier molecular flexibility index (Phi) is 4.22. The molecule has 0 aromatic carbocycles. The summed E-state index contributed by atoms with van der Waals surface area (Å²) in [6.45, 7) is 3.10. The third-order valence-corrected chi connectivity index (χ3v) is 8.98. The molecule has 0 saturated heterocycles. The number of halogens is 1. The molecule has 0 aromatic rings. The quantitative estimate of drug-likeness (QED) is 0.582. The van der Waals surface area contributed by atoms with Gasteiger partial charge in [-0.2, -0.15) is 0 Å². The van der Waals surface area contributed by atoms with Crippen molar-refractivity contribution in [2.75, 3.05) is 6.61 Å². The van der Waals surface area contributed by atoms with E-state index in [1.165, 1.54) is 0 Å². The van der Waals surface area contributed by atoms with Crippen molar-refractivity contribution in [3.05, 3.63) is 11.6 Å². The minimum Gasteiger partial charge on any atom is -0.394 e. The number of fused-ring (bicyclic) bond motifs is 5. The number of carbonyl (C=O) groups is 1. The Balaban J connectivity index is 1.79. The summed E-state index contributed by atoms with van der Waals surface area (Å²) < 4.78 is 16.8. The highest BCUT2D eigenvalue weighted by atomic mass is 19.1. The van der Waals surface area contributed by atoms with E-state index in [1.807, 2.05) is 13.8 Å². The minimum atomic E-state index is -1.85. The fourth-order valence-corrected chi connectivity index (χ4v) is 7.31. The highest BCUT2D eigenvalue weighted by Gasteiger charge is 2.74. The summed E-state index contributed by atoms with van der Waals surface area (Å²) in [4.78, 5) is 11.9. The number of allylic oxidation sites excluding steroid dienone is 1. The van der Waals surface area contributed by atoms with Gasteiger partial charge in [0.15, 0.2) is 5.78 Å². The summed E-state index contributed by atoms with van der Waals surface area (Å²) in [6.07, 6.45) is 1.70. The lowest BCUT2D eigenvalue weighted by atomic mass is 9.43. The molecule has 152 valence electrons. The fraction of sp³-hybridized carbons (Fsp3) is 0.857. The zero-order valence-corrected chi connectivity index (χ0v) is 16.1. The van der Waals surface area contributed by atoms with Crippen LogP contribution in [0.1, 0.15) is 58.8 Å². The molecule has 3 saturated carbocycles. The van der Waals surface area contributed by atoms with Gasteiger partial charge in [-0.1, -0.05) is 19.4 Å². The van der Waals surface area contributed by atoms with Crippen LogP contribution in [0.5, 0.6) is 0 Å². The van der Waals surface area contributed by atoms with E-state index in [2.05, 4.69) is 0 Å². The van der Waals surface area contributed by atoms with E-state index >= 15 is 4.39 Å². The van der Waals surface area contributed by atoms with Gasteiger partial charge in [-0.15, -0.1) is 0 Å². The van der Waals surface area contributed by atoms with Crippen LogP contribution in [0, 0.1) is 22.7 Å². The smallest absolute Gasteiger partial charge is 0.155 e. The van der Waals surface area contributed by atoms with Crippen molar-refractivity contribution in [3.63, 3.8) is 0 Å². The van der Waals surface area contributed by atoms with Crippen LogP contribution in [-0.4, -0.2) is 56.3 Å². The van der Waals surface area contributed by atoms with E-state index in [1.54, 1.807) is 6.08 Å². The molecule has 4 N–H and O–H groups in total. The van der Waals surface area contributed by atoms with Crippen LogP contribution in [0.4, 0.5) is 4.39 Å². The topological polar surface area (TPSA) is 98.0 Å². The Hall–Kier alpha value is -0.820. The molecule has 0 unspecified atom stereocenters. The van der Waals surface area contributed by atoms with E-state index in [-0.39, 0.29) is 24.5 Å². The second kappa shape index (κ2) is 5.85. The van der Waals surface area contributed by atoms with E-state index in [0.29, 0.717) is 32.1 Å². The Morgan fingerprint density at radius 2 is 1.93 bits per heavy atom. The average Bonchev–Trinajstić information content (AvgIpc) is 2.88. The Labute approximate surface area is 159 Å². The van der Waals surface area contributed by atoms with Crippen LogP contribution in [-0.2, 0) is 4.79 Å². The molecule has 0 heterocycles. The van der Waals surface area contributed by atoms with Crippen LogP contribution < -0.4 is 0 Å². The standard InChI is InChI=1S/C21H31FO5/c1-18-7-5-13(24)9-12(18)3-4-15-14-6-8-20(27,17(26)11-23)19(14,2)10-16(25)21(15,18)22/h9,14-17,23,25-27H,3-8,10-11H2,1-2H3/t14-,15-,16-,17-,18-,19-,20-,21+/m0/s1. The maximum atomic E-state index is 16.8. The largest absolute Gasteiger partial charge is 0.394 e. The molecule has 0 aliphatic heterocycles. The number of ketones is 1. The zero-order chi connectivity index (χ0) is 19.8. The van der Waals surface area contributed by atoms with E-state index < -0.39 is 46.8 Å². The Morgan fingerprint density at radius 1 is 1.22 bits per heavy atom. The van der Waals surface area contributed by atoms with Crippen LogP contribution in [0.25, 0.3) is 0 Å². The first-order valence-electron chi connectivity index (χ1n) is 10.2. The molecule has 5 nitrogen and oxygen atoms in total. The maximum Gasteiger partial charge on any atom is 0.155 e. The lowest BCUT2D eigenvalue weighted by molar-refractivity contribution is -0.244. The van der Waals surface area contributed by atoms with Gasteiger partial charge in [0, 0.05) is 23.2 Å². The van der Waals surface area contributed by atoms with Crippen molar-refractivity contribution in [2.24, 2.45) is 22.7 Å². The van der Waals surface area contributed by atoms with Crippen molar-refractivity contribution >= 4 is 5.78 Å². The first-order chi connectivity index (χ1) is 12.5. The molecule has 0 aromatic heterocycles. The van der Waals surface area contributed by atoms with Crippen LogP contribution in [0.15, 0.2) is 11.6 Å². The Morgan fingerprint density at radius 3 is 2.59 bits per heavy atom. The molecule has 3 fully saturated rings. The fourth-order valence-electron chi connectivity index (χ4n) is 7.31. The predicted molar refractivity (Wildman–Crippen MR) is 96.5 cm³/mol. The number of carbonyl (C=O) groups excluding carboxylic acids is 1. The molecule has 0 bridgehead atoms. The van der Waals surface area contributed by atoms with E-state index in [9.17, 15) is 25.2 Å². The minimum absolute atomic E-state index is 0.0287. The molecule has 0 amide bonds. The number of rotatable bonds is 2. The molecule has 0 radical (unpaired) electrons. The summed E-state index contributed by atoms with van der Waals surface area (Å²) in [5, 5.41) is 42.1. The molecule has 4 rings (SSSR count). The number of hydrogen-bond acceptors (Lipinski definition) is 5. The molecular weight excluding hydrogens is 351 g/mol. The van der Waals surface area contributed by atoms with Crippen molar-refractivity contribution < 1.29 is 29.6 Å². The first kappa shape index (κ1) is 19.5. The monoisotopic (exact) mass is 382 g/mol. The van der Waals surface area contributed by atoms with Gasteiger partial charge in [0.25, 0.3) is 0 Å². The molecule has 6 heteroatoms. The SMILES string of the molecule is C[C@]12CCC(=O)C=C1CC[C@H]1[C@@H]3CC[C@](O)([C@@H](O)CO)[C@@]3(C)C[C@H](O)[C@]12F. The van der Waals surface area contributed by atoms with Gasteiger partial charge in [0.1, 0.15) is 11.8 Å². The summed E-state index contributed by atoms with van der Waals surface area (Å²) in [7, 11) is 0. The van der Waals surface area contributed by atoms with Gasteiger partial charge in [-0.3, -0.25) is 4.79 Å². The van der Waals surface area contributed by atoms with Crippen LogP contribution in [0.3, 0.4) is 0 Å². The second-order valence-corrected chi connectivity index (χ2v) is 9.79. The van der Waals surface area contributed by atoms with Crippen molar-refractivity contribution in [3.8, 4) is 0 Å². The third kappa shape index (κ3) is 2.16. The highest BCUT2D eigenvalue weighted by molar-refractivity contribution is 5.91. The highest BCUT2D eigenvalue weighted by Crippen LogP contribution is 2.70. The predicted octanol–water partition coefficient (Wildman–Crippen LogP) is 1.67. The molecule has 4 aliphatic carbocycles. The summed E-state index contributed by atoms with van der Waals surface area (Å²) in [5.41, 5.74) is -4.31. The normalized spacial score (nSPS) is 53.2. The van der Waals surface area contributed by atoms with Crippen LogP contribution >= 0.6 is 0 Å². The lowest BCUT2D eigenvalue weighted by Gasteiger charge is -2.64. The number of aliphatic hydroxyl groups is 4. The first-order valence-corrected chi connectivity index (χ1v) is 10.2. The summed E-state index contributed by atoms with van der Waals surface area (Å²) in [5.74, 6) is -0.601. The van der Waals surface area contributed by atoms with Gasteiger partial charge in [0.2, 0.25) is 0 Å². The van der Waals surface area contributed by atoms with Gasteiger partial charge in [0.05, 0.1) is 18.3 Å². The van der Waals surface area contributed by atoms with E-state index in [0.717, 1.165) is 5.57 Å². The Bertz CT molecular complexity index is 694. The molecular formula is C21H31FO5. The van der Waals surface area contributed by atoms with Gasteiger partial charge >= 0.3 is 0 Å². The van der Waals surface area contributed by atoms with Gasteiger partial charge in [-0.25, -0.2) is 4.39 Å². The molecule has 4 aliphatic rings. The van der Waals surface area contributed by atoms with Crippen molar-refractivity contribution in [1.82, 2.24) is 0 Å². The number of aliphatic hydroxyl groups excluding tert-OH is 3. The summed E-state index contributed by atoms with van der Waals surface area (Å²) >= 11 is 0. The lowest BCUT2D eigenvalue weighted by Crippen LogP contribution is -2.70. The van der Waals surface area contributed by atoms with Crippen molar-refractivity contribution in [2.45, 2.75) is 82.3 Å². The third-order valence-electron chi connectivity index (χ3n) is 8.98. The number of alkyl halides is 1. The average molecular weight is 382 g/mol. The van der Waals surface area contributed by atoms with Crippen LogP contribution in [0.2, 0.25) is 0 Å². The molecule has 27 heavy (non-hydrogen) atoms. The van der Waals surface area contributed by atoms with Crippen molar-refractivity contribution in [1.29, 1.82) is 0 Å². The number of hydrogen-bond donors (Lipinski definition) is 4. The zero-order valence-electron chi connectivity index (χ0n) is 16.1. The summed E-state index contributed by atoms with van der Waals surface area (Å²) in [6, 6.07) is 0. The van der Waals surface area contributed by atoms with Gasteiger partial charge < -0.3 is 20.4 Å². The molecule has 0 spiro atoms. The second-order valence-electron chi connectivity index (χ2n) is 9.79. The maximum absolute atomic E-state index is 16.8.